The second kappa shape index (κ2) is 10.4. The minimum absolute atomic E-state index is 0.0576. The van der Waals surface area contributed by atoms with Gasteiger partial charge in [0.05, 0.1) is 18.6 Å². The largest absolute Gasteiger partial charge is 0.497 e. The highest BCUT2D eigenvalue weighted by Gasteiger charge is 2.51. The summed E-state index contributed by atoms with van der Waals surface area (Å²) in [5.41, 5.74) is 5.40. The summed E-state index contributed by atoms with van der Waals surface area (Å²) in [5, 5.41) is 0. The van der Waals surface area contributed by atoms with E-state index in [0.29, 0.717) is 12.4 Å². The highest BCUT2D eigenvalue weighted by atomic mass is 32.2. The van der Waals surface area contributed by atoms with E-state index in [0.717, 1.165) is 16.4 Å². The fourth-order valence-corrected chi connectivity index (χ4v) is 6.51. The van der Waals surface area contributed by atoms with Crippen LogP contribution in [0.25, 0.3) is 0 Å². The fourth-order valence-electron chi connectivity index (χ4n) is 3.58. The summed E-state index contributed by atoms with van der Waals surface area (Å²) >= 11 is 1.72. The smallest absolute Gasteiger partial charge is 0.239 e. The molecule has 1 heterocycles. The third-order valence-corrected chi connectivity index (χ3v) is 9.74. The second-order valence-electron chi connectivity index (χ2n) is 8.87. The molecule has 3 rings (SSSR count). The molecule has 0 bridgehead atoms. The molecule has 2 N–H and O–H groups in total. The number of nitrogens with two attached hydrogens (primary N) is 1. The monoisotopic (exact) mass is 493 g/mol. The Morgan fingerprint density at radius 3 is 2.39 bits per heavy atom. The van der Waals surface area contributed by atoms with E-state index in [1.165, 1.54) is 12.1 Å². The number of thioether (sulfide) groups is 1. The number of methoxy groups -OCH3 is 1. The first-order valence-corrected chi connectivity index (χ1v) is 13.2. The number of carbonyl (C=O) groups excluding carboxylic acids is 1. The maximum absolute atomic E-state index is 13.2. The van der Waals surface area contributed by atoms with Gasteiger partial charge in [0.25, 0.3) is 0 Å². The van der Waals surface area contributed by atoms with E-state index in [1.807, 2.05) is 24.3 Å². The van der Waals surface area contributed by atoms with Crippen LogP contribution in [-0.4, -0.2) is 51.8 Å². The van der Waals surface area contributed by atoms with Gasteiger partial charge in [0.2, 0.25) is 5.91 Å². The average Bonchev–Trinajstić information content (AvgIpc) is 2.82. The third-order valence-electron chi connectivity index (χ3n) is 5.70. The van der Waals surface area contributed by atoms with Crippen molar-refractivity contribution < 1.29 is 27.4 Å². The van der Waals surface area contributed by atoms with Gasteiger partial charge in [-0.1, -0.05) is 19.9 Å². The summed E-state index contributed by atoms with van der Waals surface area (Å²) in [7, 11) is -2.30. The molecule has 1 amide bonds. The third kappa shape index (κ3) is 5.83. The Morgan fingerprint density at radius 2 is 1.79 bits per heavy atom. The minimum atomic E-state index is -3.95. The number of ether oxygens (including phenoxy) is 3. The van der Waals surface area contributed by atoms with Crippen molar-refractivity contribution in [3.05, 3.63) is 48.5 Å². The van der Waals surface area contributed by atoms with E-state index in [4.69, 9.17) is 19.9 Å². The number of carbonyl (C=O) groups is 1. The van der Waals surface area contributed by atoms with Crippen LogP contribution in [0.4, 0.5) is 0 Å². The lowest BCUT2D eigenvalue weighted by molar-refractivity contribution is -0.122. The predicted molar refractivity (Wildman–Crippen MR) is 129 cm³/mol. The molecule has 0 spiro atoms. The van der Waals surface area contributed by atoms with Crippen LogP contribution in [0.5, 0.6) is 11.5 Å². The molecule has 1 saturated heterocycles. The number of rotatable bonds is 10. The van der Waals surface area contributed by atoms with Gasteiger partial charge in [-0.05, 0) is 55.3 Å². The van der Waals surface area contributed by atoms with Gasteiger partial charge in [0.1, 0.15) is 11.5 Å². The zero-order valence-corrected chi connectivity index (χ0v) is 20.8. The van der Waals surface area contributed by atoms with Gasteiger partial charge in [-0.3, -0.25) is 4.79 Å². The fraction of sp³-hybridized carbons (Fsp3) is 0.458. The van der Waals surface area contributed by atoms with Crippen LogP contribution in [0.1, 0.15) is 26.7 Å². The van der Waals surface area contributed by atoms with Crippen LogP contribution < -0.4 is 15.2 Å². The molecule has 2 aromatic carbocycles. The Bertz CT molecular complexity index is 1060. The van der Waals surface area contributed by atoms with Gasteiger partial charge >= 0.3 is 0 Å². The maximum Gasteiger partial charge on any atom is 0.239 e. The van der Waals surface area contributed by atoms with Crippen molar-refractivity contribution in [2.75, 3.05) is 32.7 Å². The Kier molecular flexibility index (Phi) is 7.97. The van der Waals surface area contributed by atoms with Gasteiger partial charge < -0.3 is 19.9 Å². The Balaban J connectivity index is 1.63. The predicted octanol–water partition coefficient (Wildman–Crippen LogP) is 3.70. The van der Waals surface area contributed by atoms with E-state index < -0.39 is 20.5 Å². The topological polar surface area (TPSA) is 105 Å². The normalized spacial score (nSPS) is 16.2. The van der Waals surface area contributed by atoms with Crippen LogP contribution in [-0.2, 0) is 19.4 Å². The molecule has 0 aliphatic carbocycles. The molecule has 0 saturated carbocycles. The van der Waals surface area contributed by atoms with E-state index in [-0.39, 0.29) is 36.4 Å². The molecular formula is C24H31NO6S2. The first kappa shape index (κ1) is 25.4. The first-order valence-electron chi connectivity index (χ1n) is 10.7. The number of hydrogen-bond acceptors (Lipinski definition) is 7. The van der Waals surface area contributed by atoms with E-state index in [9.17, 15) is 13.2 Å². The van der Waals surface area contributed by atoms with Gasteiger partial charge in [0.15, 0.2) is 14.6 Å². The summed E-state index contributed by atoms with van der Waals surface area (Å²) in [6.07, 6.45) is 0.115. The maximum atomic E-state index is 13.2. The molecule has 2 aromatic rings. The number of primary amides is 1. The molecule has 0 unspecified atom stereocenters. The van der Waals surface area contributed by atoms with Gasteiger partial charge in [-0.2, -0.15) is 0 Å². The quantitative estimate of drug-likeness (QED) is 0.503. The molecular weight excluding hydrogens is 462 g/mol. The molecule has 1 fully saturated rings. The van der Waals surface area contributed by atoms with Crippen LogP contribution in [0.2, 0.25) is 0 Å². The van der Waals surface area contributed by atoms with Crippen molar-refractivity contribution in [2.24, 2.45) is 11.1 Å². The van der Waals surface area contributed by atoms with Crippen LogP contribution in [0.15, 0.2) is 58.3 Å². The van der Waals surface area contributed by atoms with Crippen molar-refractivity contribution >= 4 is 27.5 Å². The summed E-state index contributed by atoms with van der Waals surface area (Å²) in [5.74, 6) is 1.38. The van der Waals surface area contributed by atoms with Crippen molar-refractivity contribution in [1.29, 1.82) is 0 Å². The van der Waals surface area contributed by atoms with Crippen molar-refractivity contribution in [2.45, 2.75) is 41.2 Å². The number of benzene rings is 2. The highest BCUT2D eigenvalue weighted by Crippen LogP contribution is 2.36. The molecule has 0 aromatic heterocycles. The number of amides is 1. The van der Waals surface area contributed by atoms with Gasteiger partial charge in [-0.15, -0.1) is 11.8 Å². The van der Waals surface area contributed by atoms with E-state index in [2.05, 4.69) is 13.8 Å². The SMILES string of the molecule is COc1cccc(SCC(C)(C)COc2ccc(S(=O)(=O)C3(C(N)=O)CCOCC3)cc2)c1. The summed E-state index contributed by atoms with van der Waals surface area (Å²) in [6, 6.07) is 14.1. The molecule has 1 aliphatic heterocycles. The Labute approximate surface area is 199 Å². The summed E-state index contributed by atoms with van der Waals surface area (Å²) in [4.78, 5) is 13.3. The standard InChI is InChI=1S/C24H31NO6S2/c1-23(2,17-32-20-6-4-5-19(15-20)29-3)16-31-18-7-9-21(10-8-18)33(27,28)24(22(25)26)11-13-30-14-12-24/h4-10,15H,11-14,16-17H2,1-3H3,(H2,25,26). The summed E-state index contributed by atoms with van der Waals surface area (Å²) < 4.78 is 41.3. The lowest BCUT2D eigenvalue weighted by Gasteiger charge is -2.33. The molecule has 1 aliphatic rings. The summed E-state index contributed by atoms with van der Waals surface area (Å²) in [6.45, 7) is 5.05. The average molecular weight is 494 g/mol. The molecule has 0 radical (unpaired) electrons. The van der Waals surface area contributed by atoms with Crippen LogP contribution in [0.3, 0.4) is 0 Å². The van der Waals surface area contributed by atoms with Gasteiger partial charge in [-0.25, -0.2) is 8.42 Å². The molecule has 7 nitrogen and oxygen atoms in total. The zero-order valence-electron chi connectivity index (χ0n) is 19.2. The highest BCUT2D eigenvalue weighted by molar-refractivity contribution is 7.99. The van der Waals surface area contributed by atoms with Gasteiger partial charge in [0, 0.05) is 29.3 Å². The second-order valence-corrected chi connectivity index (χ2v) is 12.2. The lowest BCUT2D eigenvalue weighted by atomic mass is 9.98. The van der Waals surface area contributed by atoms with Crippen molar-refractivity contribution in [3.63, 3.8) is 0 Å². The van der Waals surface area contributed by atoms with E-state index in [1.54, 1.807) is 31.0 Å². The van der Waals surface area contributed by atoms with Crippen molar-refractivity contribution in [1.82, 2.24) is 0 Å². The van der Waals surface area contributed by atoms with Crippen LogP contribution >= 0.6 is 11.8 Å². The first-order chi connectivity index (χ1) is 15.6. The zero-order chi connectivity index (χ0) is 24.1. The number of hydrogen-bond donors (Lipinski definition) is 1. The lowest BCUT2D eigenvalue weighted by Crippen LogP contribution is -2.53. The molecule has 180 valence electrons. The minimum Gasteiger partial charge on any atom is -0.497 e. The Hall–Kier alpha value is -2.23. The Morgan fingerprint density at radius 1 is 1.12 bits per heavy atom. The molecule has 33 heavy (non-hydrogen) atoms. The number of sulfone groups is 1. The van der Waals surface area contributed by atoms with Crippen molar-refractivity contribution in [3.8, 4) is 11.5 Å². The molecule has 0 atom stereocenters. The molecule has 9 heteroatoms. The van der Waals surface area contributed by atoms with Crippen LogP contribution in [0, 0.1) is 5.41 Å². The van der Waals surface area contributed by atoms with E-state index >= 15 is 0 Å².